The summed E-state index contributed by atoms with van der Waals surface area (Å²) in [7, 11) is 1.55. The van der Waals surface area contributed by atoms with Gasteiger partial charge in [-0.3, -0.25) is 13.8 Å². The Bertz CT molecular complexity index is 928. The van der Waals surface area contributed by atoms with Crippen LogP contribution in [0.2, 0.25) is 0 Å². The summed E-state index contributed by atoms with van der Waals surface area (Å²) in [5.74, 6) is -0.200. The third-order valence-electron chi connectivity index (χ3n) is 8.04. The molecule has 0 aromatic heterocycles. The van der Waals surface area contributed by atoms with Gasteiger partial charge in [-0.2, -0.15) is 0 Å². The Balaban J connectivity index is 4.25. The van der Waals surface area contributed by atoms with Gasteiger partial charge in [-0.1, -0.05) is 127 Å². The highest BCUT2D eigenvalue weighted by Gasteiger charge is 2.27. The van der Waals surface area contributed by atoms with Crippen LogP contribution in [0.4, 0.5) is 0 Å². The minimum atomic E-state index is -4.32. The van der Waals surface area contributed by atoms with Crippen LogP contribution < -0.4 is 5.32 Å². The lowest BCUT2D eigenvalue weighted by molar-refractivity contribution is -0.870. The smallest absolute Gasteiger partial charge is 0.387 e. The number of aliphatic hydroxyl groups is 1. The number of likely N-dealkylation sites (N-methyl/N-ethyl adjacent to an activating group) is 1. The number of nitrogens with zero attached hydrogens (tertiary/aromatic N) is 1. The number of hydrogen-bond donors (Lipinski definition) is 3. The summed E-state index contributed by atoms with van der Waals surface area (Å²) < 4.78 is 23.3. The maximum absolute atomic E-state index is 12.7. The fourth-order valence-electron chi connectivity index (χ4n) is 4.93. The topological polar surface area (TPSA) is 105 Å². The van der Waals surface area contributed by atoms with Gasteiger partial charge in [0.1, 0.15) is 13.2 Å². The molecule has 0 aromatic carbocycles. The number of quaternary nitrogens is 1. The molecule has 0 spiro atoms. The van der Waals surface area contributed by atoms with Crippen LogP contribution in [0.5, 0.6) is 0 Å². The standard InChI is InChI=1S/C39H73N2O6P/c1-6-8-10-12-13-14-15-16-17-18-19-20-21-22-23-24-25-26-27-29-31-33-39(43)40-37(38(42)32-30-28-11-9-7-2)36-47-48(44,45)46-35-34-41(3,4)5/h15-16,18-19,21-22,30,32,37-38,42H,6-14,17,20,23-29,31,33-36H2,1-5H3,(H-,40,43,44,45)/p+1/b16-15-,19-18-,22-21-,32-30+. The first kappa shape index (κ1) is 46.5. The van der Waals surface area contributed by atoms with Crippen molar-refractivity contribution in [2.75, 3.05) is 40.9 Å². The second-order valence-corrected chi connectivity index (χ2v) is 15.4. The molecule has 0 fully saturated rings. The van der Waals surface area contributed by atoms with E-state index in [0.717, 1.165) is 70.6 Å². The maximum atomic E-state index is 12.7. The number of allylic oxidation sites excluding steroid dienone is 7. The van der Waals surface area contributed by atoms with E-state index in [-0.39, 0.29) is 19.1 Å². The lowest BCUT2D eigenvalue weighted by Gasteiger charge is -2.25. The lowest BCUT2D eigenvalue weighted by Crippen LogP contribution is -2.45. The zero-order valence-electron chi connectivity index (χ0n) is 31.5. The normalized spacial score (nSPS) is 15.2. The number of phosphoric ester groups is 1. The van der Waals surface area contributed by atoms with E-state index in [1.807, 2.05) is 27.2 Å². The van der Waals surface area contributed by atoms with Gasteiger partial charge in [0.25, 0.3) is 0 Å². The maximum Gasteiger partial charge on any atom is 0.472 e. The minimum absolute atomic E-state index is 0.0557. The number of rotatable bonds is 33. The minimum Gasteiger partial charge on any atom is -0.387 e. The van der Waals surface area contributed by atoms with Crippen molar-refractivity contribution >= 4 is 13.7 Å². The van der Waals surface area contributed by atoms with Gasteiger partial charge in [0.05, 0.1) is 39.9 Å². The molecule has 0 aliphatic carbocycles. The van der Waals surface area contributed by atoms with Gasteiger partial charge in [-0.05, 0) is 57.8 Å². The van der Waals surface area contributed by atoms with Gasteiger partial charge in [0, 0.05) is 6.42 Å². The Morgan fingerprint density at radius 1 is 0.708 bits per heavy atom. The van der Waals surface area contributed by atoms with Crippen LogP contribution in [0, 0.1) is 0 Å². The molecule has 0 rings (SSSR count). The highest BCUT2D eigenvalue weighted by atomic mass is 31.2. The number of nitrogens with one attached hydrogen (secondary N) is 1. The highest BCUT2D eigenvalue weighted by molar-refractivity contribution is 7.47. The van der Waals surface area contributed by atoms with Crippen molar-refractivity contribution in [1.29, 1.82) is 0 Å². The van der Waals surface area contributed by atoms with Crippen molar-refractivity contribution < 1.29 is 32.9 Å². The first-order chi connectivity index (χ1) is 23.0. The van der Waals surface area contributed by atoms with Crippen LogP contribution in [-0.4, -0.2) is 73.4 Å². The molecule has 0 saturated heterocycles. The van der Waals surface area contributed by atoms with Crippen LogP contribution in [0.25, 0.3) is 0 Å². The van der Waals surface area contributed by atoms with Gasteiger partial charge < -0.3 is 19.8 Å². The van der Waals surface area contributed by atoms with Gasteiger partial charge in [-0.25, -0.2) is 4.57 Å². The summed E-state index contributed by atoms with van der Waals surface area (Å²) in [6, 6.07) is -0.849. The number of carbonyl (C=O) groups is 1. The molecule has 0 bridgehead atoms. The Hall–Kier alpha value is -1.54. The molecule has 1 amide bonds. The number of unbranched alkanes of at least 4 members (excludes halogenated alkanes) is 14. The quantitative estimate of drug-likeness (QED) is 0.0273. The van der Waals surface area contributed by atoms with Crippen molar-refractivity contribution in [1.82, 2.24) is 5.32 Å². The molecule has 0 radical (unpaired) electrons. The second kappa shape index (κ2) is 31.4. The molecule has 0 aliphatic heterocycles. The first-order valence-corrected chi connectivity index (χ1v) is 20.5. The van der Waals surface area contributed by atoms with E-state index in [2.05, 4.69) is 55.6 Å². The summed E-state index contributed by atoms with van der Waals surface area (Å²) in [6.07, 6.45) is 37.9. The summed E-state index contributed by atoms with van der Waals surface area (Å²) in [4.78, 5) is 22.8. The summed E-state index contributed by atoms with van der Waals surface area (Å²) >= 11 is 0. The first-order valence-electron chi connectivity index (χ1n) is 19.0. The van der Waals surface area contributed by atoms with Crippen LogP contribution in [0.15, 0.2) is 48.6 Å². The van der Waals surface area contributed by atoms with Crippen LogP contribution >= 0.6 is 7.82 Å². The number of amides is 1. The molecule has 9 heteroatoms. The van der Waals surface area contributed by atoms with Gasteiger partial charge in [0.15, 0.2) is 0 Å². The molecular weight excluding hydrogens is 623 g/mol. The van der Waals surface area contributed by atoms with E-state index in [1.54, 1.807) is 6.08 Å². The Kier molecular flexibility index (Phi) is 30.4. The van der Waals surface area contributed by atoms with Crippen molar-refractivity contribution in [3.05, 3.63) is 48.6 Å². The van der Waals surface area contributed by atoms with E-state index in [9.17, 15) is 19.4 Å². The number of aliphatic hydroxyl groups excluding tert-OH is 1. The zero-order chi connectivity index (χ0) is 35.8. The lowest BCUT2D eigenvalue weighted by atomic mass is 10.1. The molecule has 0 aromatic rings. The van der Waals surface area contributed by atoms with Gasteiger partial charge in [-0.15, -0.1) is 0 Å². The zero-order valence-corrected chi connectivity index (χ0v) is 32.4. The monoisotopic (exact) mass is 698 g/mol. The molecular formula is C39H74N2O6P+. The largest absolute Gasteiger partial charge is 0.472 e. The van der Waals surface area contributed by atoms with Crippen LogP contribution in [0.1, 0.15) is 142 Å². The molecule has 0 heterocycles. The molecule has 3 atom stereocenters. The van der Waals surface area contributed by atoms with Crippen molar-refractivity contribution in [2.24, 2.45) is 0 Å². The molecule has 0 aliphatic rings. The number of phosphoric acid groups is 1. The Morgan fingerprint density at radius 3 is 1.77 bits per heavy atom. The van der Waals surface area contributed by atoms with Crippen LogP contribution in [-0.2, 0) is 18.4 Å². The molecule has 0 saturated carbocycles. The molecule has 3 unspecified atom stereocenters. The van der Waals surface area contributed by atoms with E-state index in [0.29, 0.717) is 17.4 Å². The Morgan fingerprint density at radius 2 is 1.19 bits per heavy atom. The van der Waals surface area contributed by atoms with Crippen molar-refractivity contribution in [3.63, 3.8) is 0 Å². The van der Waals surface area contributed by atoms with E-state index >= 15 is 0 Å². The Labute approximate surface area is 295 Å². The SMILES string of the molecule is CCCCC/C=C/C(O)C(COP(=O)(O)OCC[N+](C)(C)C)NC(=O)CCCCCCCC/C=C\C/C=C\C/C=C\CCCCCCC. The fourth-order valence-corrected chi connectivity index (χ4v) is 5.66. The predicted octanol–water partition coefficient (Wildman–Crippen LogP) is 9.74. The van der Waals surface area contributed by atoms with Crippen LogP contribution in [0.3, 0.4) is 0 Å². The predicted molar refractivity (Wildman–Crippen MR) is 203 cm³/mol. The number of carbonyl (C=O) groups excluding carboxylic acids is 1. The average Bonchev–Trinajstić information content (AvgIpc) is 3.02. The molecule has 8 nitrogen and oxygen atoms in total. The summed E-state index contributed by atoms with van der Waals surface area (Å²) in [6.45, 7) is 4.65. The molecule has 3 N–H and O–H groups in total. The van der Waals surface area contributed by atoms with E-state index in [4.69, 9.17) is 9.05 Å². The second-order valence-electron chi connectivity index (χ2n) is 13.9. The van der Waals surface area contributed by atoms with Crippen molar-refractivity contribution in [3.8, 4) is 0 Å². The fraction of sp³-hybridized carbons (Fsp3) is 0.769. The van der Waals surface area contributed by atoms with Gasteiger partial charge in [0.2, 0.25) is 5.91 Å². The third-order valence-corrected chi connectivity index (χ3v) is 9.03. The number of hydrogen-bond acceptors (Lipinski definition) is 5. The van der Waals surface area contributed by atoms with Gasteiger partial charge >= 0.3 is 7.82 Å². The highest BCUT2D eigenvalue weighted by Crippen LogP contribution is 2.43. The van der Waals surface area contributed by atoms with Crippen molar-refractivity contribution in [2.45, 2.75) is 154 Å². The summed E-state index contributed by atoms with van der Waals surface area (Å²) in [5, 5.41) is 13.5. The van der Waals surface area contributed by atoms with E-state index < -0.39 is 20.0 Å². The molecule has 48 heavy (non-hydrogen) atoms. The average molecular weight is 698 g/mol. The van der Waals surface area contributed by atoms with E-state index in [1.165, 1.54) is 51.4 Å². The third kappa shape index (κ3) is 33.0. The summed E-state index contributed by atoms with van der Waals surface area (Å²) in [5.41, 5.74) is 0. The molecule has 280 valence electrons.